The van der Waals surface area contributed by atoms with Gasteiger partial charge in [-0.1, -0.05) is 175 Å². The highest BCUT2D eigenvalue weighted by atomic mass is 32.1. The topological polar surface area (TPSA) is 38.7 Å². The van der Waals surface area contributed by atoms with Gasteiger partial charge >= 0.3 is 0 Å². The summed E-state index contributed by atoms with van der Waals surface area (Å²) in [5.74, 6) is -1.75. The van der Waals surface area contributed by atoms with E-state index in [1.165, 1.54) is 18.3 Å². The number of aromatic nitrogens is 3. The zero-order valence-electron chi connectivity index (χ0n) is 46.4. The summed E-state index contributed by atoms with van der Waals surface area (Å²) in [6.07, 6.45) is 0. The predicted molar refractivity (Wildman–Crippen MR) is 236 cm³/mol. The summed E-state index contributed by atoms with van der Waals surface area (Å²) in [5.41, 5.74) is 1.45. The summed E-state index contributed by atoms with van der Waals surface area (Å²) in [5, 5.41) is 1.69. The molecule has 0 spiro atoms. The summed E-state index contributed by atoms with van der Waals surface area (Å²) in [4.78, 5) is 13.5. The number of hydrogen-bond acceptors (Lipinski definition) is 4. The second kappa shape index (κ2) is 14.3. The van der Waals surface area contributed by atoms with Crippen molar-refractivity contribution in [3.05, 3.63) is 199 Å². The fourth-order valence-corrected chi connectivity index (χ4v) is 7.84. The molecule has 0 aliphatic rings. The van der Waals surface area contributed by atoms with Gasteiger partial charge in [0.15, 0.2) is 17.5 Å². The van der Waals surface area contributed by atoms with Crippen molar-refractivity contribution in [3.8, 4) is 78.7 Å². The molecule has 0 amide bonds. The largest absolute Gasteiger partial charge is 0.208 e. The van der Waals surface area contributed by atoms with Gasteiger partial charge in [0.05, 0.1) is 23.3 Å². The SMILES string of the molecule is [2H]c1c([2H])c([2H])c(-c2c([2H])c([2H])c(-c3nc(-c4c([2H])c([2H])c([2H])c(C)c4[2H])nc(-c4c([2H])c([2H])c([2H])c(-c5cccc6c5sc5c(-c7ccccc7)cc(-c7ccccc7)cc56)c4[2H])n3)c([2H])c2[2H])c([2H])c1[2H]. The average Bonchev–Trinajstić information content (AvgIpc) is 3.78. The summed E-state index contributed by atoms with van der Waals surface area (Å²) in [6.45, 7) is 1.38. The van der Waals surface area contributed by atoms with Crippen LogP contribution in [0.4, 0.5) is 0 Å². The van der Waals surface area contributed by atoms with Gasteiger partial charge in [-0.15, -0.1) is 11.3 Å². The van der Waals surface area contributed by atoms with Gasteiger partial charge < -0.3 is 0 Å². The van der Waals surface area contributed by atoms with Crippen LogP contribution in [-0.4, -0.2) is 15.0 Å². The van der Waals surface area contributed by atoms with Crippen LogP contribution in [0.5, 0.6) is 0 Å². The first-order valence-electron chi connectivity index (χ1n) is 26.0. The molecule has 0 saturated heterocycles. The van der Waals surface area contributed by atoms with Crippen LogP contribution in [0.3, 0.4) is 0 Å². The van der Waals surface area contributed by atoms with Crippen molar-refractivity contribution >= 4 is 31.5 Å². The molecule has 264 valence electrons. The Bertz CT molecular complexity index is 3930. The summed E-state index contributed by atoms with van der Waals surface area (Å²) >= 11 is 1.43. The quantitative estimate of drug-likeness (QED) is 0.163. The van der Waals surface area contributed by atoms with Crippen LogP contribution in [0.1, 0.15) is 28.9 Å². The maximum Gasteiger partial charge on any atom is 0.164 e. The van der Waals surface area contributed by atoms with E-state index in [4.69, 9.17) is 15.1 Å². The number of nitrogens with zero attached hydrogens (tertiary/aromatic N) is 3. The number of benzene rings is 8. The molecule has 0 saturated carbocycles. The van der Waals surface area contributed by atoms with E-state index in [-0.39, 0.29) is 11.1 Å². The molecule has 0 unspecified atom stereocenters. The molecular weight excluding hydrogens is 699 g/mol. The van der Waals surface area contributed by atoms with Gasteiger partial charge in [0.25, 0.3) is 0 Å². The number of fused-ring (bicyclic) bond motifs is 3. The van der Waals surface area contributed by atoms with Crippen molar-refractivity contribution in [2.75, 3.05) is 0 Å². The van der Waals surface area contributed by atoms with E-state index in [0.717, 1.165) is 37.7 Å². The Kier molecular flexibility index (Phi) is 5.13. The third-order valence-corrected chi connectivity index (χ3v) is 10.4. The van der Waals surface area contributed by atoms with Crippen LogP contribution in [-0.2, 0) is 0 Å². The minimum absolute atomic E-state index is 0.0360. The molecule has 2 heterocycles. The molecule has 0 radical (unpaired) electrons. The van der Waals surface area contributed by atoms with Crippen molar-refractivity contribution in [2.45, 2.75) is 6.92 Å². The van der Waals surface area contributed by atoms with Crippen molar-refractivity contribution in [1.29, 1.82) is 0 Å². The first-order valence-corrected chi connectivity index (χ1v) is 18.3. The van der Waals surface area contributed by atoms with Gasteiger partial charge in [0, 0.05) is 42.4 Å². The number of thiophene rings is 1. The van der Waals surface area contributed by atoms with E-state index >= 15 is 0 Å². The van der Waals surface area contributed by atoms with Crippen molar-refractivity contribution in [3.63, 3.8) is 0 Å². The van der Waals surface area contributed by atoms with Gasteiger partial charge in [-0.05, 0) is 70.1 Å². The van der Waals surface area contributed by atoms with Gasteiger partial charge in [0.1, 0.15) is 0 Å². The van der Waals surface area contributed by atoms with Crippen LogP contribution in [0, 0.1) is 6.92 Å². The van der Waals surface area contributed by atoms with E-state index in [1.54, 1.807) is 12.1 Å². The Hall–Kier alpha value is -7.01. The smallest absolute Gasteiger partial charge is 0.164 e. The summed E-state index contributed by atoms with van der Waals surface area (Å²) in [7, 11) is 0. The van der Waals surface area contributed by atoms with Gasteiger partial charge in [-0.3, -0.25) is 0 Å². The monoisotopic (exact) mass is 750 g/mol. The zero-order chi connectivity index (χ0) is 52.2. The molecule has 8 aromatic carbocycles. The Labute approximate surface area is 354 Å². The second-order valence-corrected chi connectivity index (χ2v) is 13.7. The Balaban J connectivity index is 1.26. The number of rotatable bonds is 7. The van der Waals surface area contributed by atoms with E-state index in [0.29, 0.717) is 10.3 Å². The molecule has 10 rings (SSSR count). The Morgan fingerprint density at radius 3 is 1.70 bits per heavy atom. The molecule has 0 N–H and O–H groups in total. The Morgan fingerprint density at radius 1 is 0.393 bits per heavy atom. The highest BCUT2D eigenvalue weighted by Gasteiger charge is 2.18. The van der Waals surface area contributed by atoms with Gasteiger partial charge in [-0.25, -0.2) is 15.0 Å². The van der Waals surface area contributed by atoms with Crippen LogP contribution in [0.2, 0.25) is 0 Å². The molecule has 0 atom stereocenters. The van der Waals surface area contributed by atoms with E-state index in [1.807, 2.05) is 66.7 Å². The highest BCUT2D eigenvalue weighted by molar-refractivity contribution is 7.26. The third-order valence-electron chi connectivity index (χ3n) is 9.12. The molecule has 10 aromatic rings. The van der Waals surface area contributed by atoms with Crippen LogP contribution < -0.4 is 0 Å². The lowest BCUT2D eigenvalue weighted by Crippen LogP contribution is -2.00. The minimum Gasteiger partial charge on any atom is -0.208 e. The summed E-state index contributed by atoms with van der Waals surface area (Å²) < 4.78 is 152. The molecule has 2 aromatic heterocycles. The minimum atomic E-state index is -0.845. The lowest BCUT2D eigenvalue weighted by atomic mass is 9.95. The molecule has 3 nitrogen and oxygen atoms in total. The standard InChI is InChI=1S/C52H35N3S/c1-34-14-11-22-41(30-34)51-53-50(39-28-26-37(27-29-39)35-15-5-2-6-16-35)54-52(55-51)42-23-12-21-40(31-42)44-24-13-25-45-47-33-43(36-17-7-3-8-18-36)32-46(49(47)56-48(44)45)38-19-9-4-10-20-38/h2-33H,1H3/i2D,5D,6D,11D,12D,14D,15D,16D,21D,22D,23D,26D,27D,28D,29D,30D,31D. The molecule has 0 bridgehead atoms. The molecular formula is C52H35N3S. The van der Waals surface area contributed by atoms with Crippen molar-refractivity contribution < 1.29 is 23.3 Å². The predicted octanol–water partition coefficient (Wildman–Crippen LogP) is 14.2. The maximum atomic E-state index is 9.87. The van der Waals surface area contributed by atoms with Crippen molar-refractivity contribution in [1.82, 2.24) is 15.0 Å². The first-order chi connectivity index (χ1) is 34.7. The maximum absolute atomic E-state index is 9.87. The lowest BCUT2D eigenvalue weighted by Gasteiger charge is -2.11. The second-order valence-electron chi connectivity index (χ2n) is 12.7. The van der Waals surface area contributed by atoms with Crippen LogP contribution in [0.15, 0.2) is 194 Å². The first kappa shape index (κ1) is 20.1. The zero-order valence-corrected chi connectivity index (χ0v) is 30.2. The highest BCUT2D eigenvalue weighted by Crippen LogP contribution is 2.46. The molecule has 56 heavy (non-hydrogen) atoms. The Morgan fingerprint density at radius 2 is 0.964 bits per heavy atom. The van der Waals surface area contributed by atoms with Crippen molar-refractivity contribution in [2.24, 2.45) is 0 Å². The third kappa shape index (κ3) is 6.36. The molecule has 0 aliphatic carbocycles. The van der Waals surface area contributed by atoms with Crippen LogP contribution >= 0.6 is 11.3 Å². The normalized spacial score (nSPS) is 15.6. The average molecular weight is 751 g/mol. The molecule has 0 aliphatic heterocycles. The summed E-state index contributed by atoms with van der Waals surface area (Å²) in [6, 6.07) is 17.8. The van der Waals surface area contributed by atoms with E-state index in [2.05, 4.69) is 27.1 Å². The molecule has 4 heteroatoms. The lowest BCUT2D eigenvalue weighted by molar-refractivity contribution is 1.07. The fraction of sp³-hybridized carbons (Fsp3) is 0.0192. The number of hydrogen-bond donors (Lipinski definition) is 0. The van der Waals surface area contributed by atoms with E-state index < -0.39 is 148 Å². The van der Waals surface area contributed by atoms with E-state index in [9.17, 15) is 8.22 Å². The van der Waals surface area contributed by atoms with Crippen LogP contribution in [0.25, 0.3) is 98.8 Å². The van der Waals surface area contributed by atoms with Gasteiger partial charge in [0.2, 0.25) is 0 Å². The fourth-order valence-electron chi connectivity index (χ4n) is 6.50. The molecule has 0 fully saturated rings. The van der Waals surface area contributed by atoms with Gasteiger partial charge in [-0.2, -0.15) is 0 Å².